The molecule has 0 bridgehead atoms. The van der Waals surface area contributed by atoms with Gasteiger partial charge in [-0.25, -0.2) is 0 Å². The molecule has 2 amide bonds. The molecule has 1 atom stereocenters. The van der Waals surface area contributed by atoms with E-state index >= 15 is 0 Å². The van der Waals surface area contributed by atoms with Gasteiger partial charge in [0.2, 0.25) is 11.8 Å². The van der Waals surface area contributed by atoms with Crippen LogP contribution in [0.4, 0.5) is 5.69 Å². The number of aliphatic hydroxyl groups excluding tert-OH is 1. The summed E-state index contributed by atoms with van der Waals surface area (Å²) in [6.45, 7) is 1.87. The molecule has 3 N–H and O–H groups in total. The van der Waals surface area contributed by atoms with Crippen molar-refractivity contribution < 1.29 is 19.4 Å². The van der Waals surface area contributed by atoms with Crippen LogP contribution in [0, 0.1) is 0 Å². The average molecular weight is 400 g/mol. The first-order chi connectivity index (χ1) is 12.9. The van der Waals surface area contributed by atoms with Gasteiger partial charge in [0.25, 0.3) is 0 Å². The van der Waals surface area contributed by atoms with E-state index < -0.39 is 12.0 Å². The van der Waals surface area contributed by atoms with Crippen molar-refractivity contribution >= 4 is 29.1 Å². The molecule has 8 heteroatoms. The van der Waals surface area contributed by atoms with E-state index in [1.54, 1.807) is 24.3 Å². The number of alkyl halides is 1. The Morgan fingerprint density at radius 2 is 1.93 bits per heavy atom. The van der Waals surface area contributed by atoms with Crippen LogP contribution in [0.25, 0.3) is 0 Å². The normalized spacial score (nSPS) is 11.9. The number of hydrogen-bond donors (Lipinski definition) is 3. The Hall–Kier alpha value is -1.83. The molecule has 1 aromatic rings. The van der Waals surface area contributed by atoms with Gasteiger partial charge in [-0.2, -0.15) is 0 Å². The molecule has 0 radical (unpaired) electrons. The van der Waals surface area contributed by atoms with Crippen molar-refractivity contribution in [3.63, 3.8) is 0 Å². The molecule has 0 heterocycles. The van der Waals surface area contributed by atoms with E-state index in [1.807, 2.05) is 19.0 Å². The van der Waals surface area contributed by atoms with Gasteiger partial charge in [-0.15, -0.1) is 11.6 Å². The largest absolute Gasteiger partial charge is 0.492 e. The van der Waals surface area contributed by atoms with Crippen LogP contribution in [-0.4, -0.2) is 67.6 Å². The van der Waals surface area contributed by atoms with Crippen LogP contribution in [0.2, 0.25) is 0 Å². The van der Waals surface area contributed by atoms with Crippen molar-refractivity contribution in [1.82, 2.24) is 10.2 Å². The second-order valence-electron chi connectivity index (χ2n) is 6.47. The fourth-order valence-electron chi connectivity index (χ4n) is 2.19. The smallest absolute Gasteiger partial charge is 0.248 e. The zero-order valence-electron chi connectivity index (χ0n) is 16.0. The lowest BCUT2D eigenvalue weighted by Crippen LogP contribution is -2.35. The number of rotatable bonds is 13. The standard InChI is InChI=1S/C19H30ClN3O4/c1-23(2)13-14-27-16-9-7-15(8-10-16)22-18(25)6-3-5-17(24)19(26)21-12-4-11-20/h7-10,17,24H,3-6,11-14H2,1-2H3,(H,21,26)(H,22,25)/t17-/m1/s1. The van der Waals surface area contributed by atoms with Gasteiger partial charge in [0.1, 0.15) is 18.5 Å². The predicted molar refractivity (Wildman–Crippen MR) is 107 cm³/mol. The van der Waals surface area contributed by atoms with E-state index in [-0.39, 0.29) is 18.7 Å². The Morgan fingerprint density at radius 3 is 2.56 bits per heavy atom. The molecule has 0 aliphatic carbocycles. The molecule has 0 fully saturated rings. The van der Waals surface area contributed by atoms with Gasteiger partial charge >= 0.3 is 0 Å². The summed E-state index contributed by atoms with van der Waals surface area (Å²) in [5.41, 5.74) is 0.680. The van der Waals surface area contributed by atoms with E-state index in [4.69, 9.17) is 16.3 Å². The van der Waals surface area contributed by atoms with Crippen LogP contribution in [0.3, 0.4) is 0 Å². The van der Waals surface area contributed by atoms with Gasteiger partial charge < -0.3 is 25.4 Å². The molecule has 0 aliphatic rings. The first-order valence-corrected chi connectivity index (χ1v) is 9.65. The fourth-order valence-corrected chi connectivity index (χ4v) is 2.32. The van der Waals surface area contributed by atoms with E-state index in [2.05, 4.69) is 10.6 Å². The monoisotopic (exact) mass is 399 g/mol. The third kappa shape index (κ3) is 10.8. The third-order valence-corrected chi connectivity index (χ3v) is 4.01. The van der Waals surface area contributed by atoms with Gasteiger partial charge in [0.05, 0.1) is 0 Å². The number of anilines is 1. The minimum absolute atomic E-state index is 0.161. The lowest BCUT2D eigenvalue weighted by Gasteiger charge is -2.12. The molecule has 0 aromatic heterocycles. The number of ether oxygens (including phenoxy) is 1. The molecule has 0 spiro atoms. The Labute approximate surface area is 166 Å². The predicted octanol–water partition coefficient (Wildman–Crippen LogP) is 1.84. The van der Waals surface area contributed by atoms with Crippen molar-refractivity contribution in [3.05, 3.63) is 24.3 Å². The molecule has 1 rings (SSSR count). The van der Waals surface area contributed by atoms with Crippen molar-refractivity contribution in [2.75, 3.05) is 45.0 Å². The van der Waals surface area contributed by atoms with Gasteiger partial charge in [-0.05, 0) is 57.6 Å². The van der Waals surface area contributed by atoms with Gasteiger partial charge in [0.15, 0.2) is 0 Å². The van der Waals surface area contributed by atoms with Crippen LogP contribution in [0.1, 0.15) is 25.7 Å². The second-order valence-corrected chi connectivity index (χ2v) is 6.84. The van der Waals surface area contributed by atoms with Gasteiger partial charge in [-0.1, -0.05) is 0 Å². The van der Waals surface area contributed by atoms with Gasteiger partial charge in [-0.3, -0.25) is 9.59 Å². The number of carbonyl (C=O) groups is 2. The zero-order chi connectivity index (χ0) is 20.1. The minimum Gasteiger partial charge on any atom is -0.492 e. The molecule has 7 nitrogen and oxygen atoms in total. The lowest BCUT2D eigenvalue weighted by molar-refractivity contribution is -0.130. The molecule has 0 unspecified atom stereocenters. The first-order valence-electron chi connectivity index (χ1n) is 9.11. The number of aliphatic hydroxyl groups is 1. The molecule has 0 saturated carbocycles. The molecule has 1 aromatic carbocycles. The number of carbonyl (C=O) groups excluding carboxylic acids is 2. The maximum absolute atomic E-state index is 12.0. The fraction of sp³-hybridized carbons (Fsp3) is 0.579. The summed E-state index contributed by atoms with van der Waals surface area (Å²) in [6.07, 6.45) is 0.432. The molecular weight excluding hydrogens is 370 g/mol. The molecule has 0 aliphatic heterocycles. The van der Waals surface area contributed by atoms with Crippen LogP contribution < -0.4 is 15.4 Å². The number of likely N-dealkylation sites (N-methyl/N-ethyl adjacent to an activating group) is 1. The summed E-state index contributed by atoms with van der Waals surface area (Å²) < 4.78 is 5.60. The van der Waals surface area contributed by atoms with Crippen LogP contribution in [0.15, 0.2) is 24.3 Å². The first kappa shape index (κ1) is 23.2. The van der Waals surface area contributed by atoms with Crippen LogP contribution >= 0.6 is 11.6 Å². The van der Waals surface area contributed by atoms with Crippen LogP contribution in [-0.2, 0) is 9.59 Å². The van der Waals surface area contributed by atoms with E-state index in [1.165, 1.54) is 0 Å². The molecule has 0 saturated heterocycles. The minimum atomic E-state index is -1.10. The third-order valence-electron chi connectivity index (χ3n) is 3.74. The Morgan fingerprint density at radius 1 is 1.22 bits per heavy atom. The highest BCUT2D eigenvalue weighted by molar-refractivity contribution is 6.17. The summed E-state index contributed by atoms with van der Waals surface area (Å²) in [5, 5.41) is 15.1. The quantitative estimate of drug-likeness (QED) is 0.348. The molecular formula is C19H30ClN3O4. The van der Waals surface area contributed by atoms with Crippen molar-refractivity contribution in [2.24, 2.45) is 0 Å². The summed E-state index contributed by atoms with van der Waals surface area (Å²) >= 11 is 5.52. The van der Waals surface area contributed by atoms with Crippen molar-refractivity contribution in [3.8, 4) is 5.75 Å². The highest BCUT2D eigenvalue weighted by atomic mass is 35.5. The maximum atomic E-state index is 12.0. The number of nitrogens with one attached hydrogen (secondary N) is 2. The maximum Gasteiger partial charge on any atom is 0.248 e. The SMILES string of the molecule is CN(C)CCOc1ccc(NC(=O)CCC[C@@H](O)C(=O)NCCCCl)cc1. The number of amides is 2. The summed E-state index contributed by atoms with van der Waals surface area (Å²) in [6, 6.07) is 7.17. The summed E-state index contributed by atoms with van der Waals surface area (Å²) in [7, 11) is 3.96. The number of halogens is 1. The highest BCUT2D eigenvalue weighted by Crippen LogP contribution is 2.16. The number of hydrogen-bond acceptors (Lipinski definition) is 5. The van der Waals surface area contributed by atoms with Gasteiger partial charge in [0, 0.05) is 31.1 Å². The van der Waals surface area contributed by atoms with E-state index in [0.29, 0.717) is 37.6 Å². The van der Waals surface area contributed by atoms with E-state index in [9.17, 15) is 14.7 Å². The Kier molecular flexibility index (Phi) is 11.5. The van der Waals surface area contributed by atoms with Crippen molar-refractivity contribution in [2.45, 2.75) is 31.8 Å². The van der Waals surface area contributed by atoms with E-state index in [0.717, 1.165) is 12.3 Å². The highest BCUT2D eigenvalue weighted by Gasteiger charge is 2.14. The Bertz CT molecular complexity index is 567. The second kappa shape index (κ2) is 13.4. The van der Waals surface area contributed by atoms with Crippen LogP contribution in [0.5, 0.6) is 5.75 Å². The topological polar surface area (TPSA) is 90.9 Å². The summed E-state index contributed by atoms with van der Waals surface area (Å²) in [4.78, 5) is 25.6. The average Bonchev–Trinajstić information content (AvgIpc) is 2.63. The molecule has 152 valence electrons. The van der Waals surface area contributed by atoms with Crippen molar-refractivity contribution in [1.29, 1.82) is 0 Å². The number of benzene rings is 1. The zero-order valence-corrected chi connectivity index (χ0v) is 16.8. The lowest BCUT2D eigenvalue weighted by atomic mass is 10.1. The Balaban J connectivity index is 2.25. The summed E-state index contributed by atoms with van der Waals surface area (Å²) in [5.74, 6) is 0.620. The number of nitrogens with zero attached hydrogens (tertiary/aromatic N) is 1. The molecule has 27 heavy (non-hydrogen) atoms.